The van der Waals surface area contributed by atoms with Crippen LogP contribution in [0.5, 0.6) is 5.75 Å². The third kappa shape index (κ3) is 2.10. The summed E-state index contributed by atoms with van der Waals surface area (Å²) in [7, 11) is 0. The van der Waals surface area contributed by atoms with Gasteiger partial charge in [0.05, 0.1) is 12.3 Å². The Morgan fingerprint density at radius 1 is 1.26 bits per heavy atom. The average Bonchev–Trinajstić information content (AvgIpc) is 2.99. The molecule has 0 aromatic heterocycles. The van der Waals surface area contributed by atoms with E-state index in [1.165, 1.54) is 31.5 Å². The Balaban J connectivity index is 1.54. The topological polar surface area (TPSA) is 24.5 Å². The van der Waals surface area contributed by atoms with Gasteiger partial charge in [0, 0.05) is 25.2 Å². The van der Waals surface area contributed by atoms with E-state index >= 15 is 0 Å². The van der Waals surface area contributed by atoms with Crippen LogP contribution in [-0.4, -0.2) is 31.8 Å². The van der Waals surface area contributed by atoms with Crippen LogP contribution in [0.2, 0.25) is 0 Å². The van der Waals surface area contributed by atoms with Crippen LogP contribution in [0.1, 0.15) is 25.7 Å². The predicted octanol–water partition coefficient (Wildman–Crippen LogP) is 2.42. The summed E-state index contributed by atoms with van der Waals surface area (Å²) in [5, 5.41) is 3.75. The molecule has 19 heavy (non-hydrogen) atoms. The van der Waals surface area contributed by atoms with Crippen molar-refractivity contribution in [1.82, 2.24) is 5.32 Å². The SMILES string of the molecule is c1ccc2c(c1)OCCCN2CC1CC2CCC1N2. The predicted molar refractivity (Wildman–Crippen MR) is 76.8 cm³/mol. The van der Waals surface area contributed by atoms with Crippen molar-refractivity contribution in [1.29, 1.82) is 0 Å². The third-order valence-corrected chi connectivity index (χ3v) is 4.92. The maximum Gasteiger partial charge on any atom is 0.142 e. The molecular formula is C16H22N2O. The molecule has 0 aliphatic carbocycles. The molecule has 102 valence electrons. The van der Waals surface area contributed by atoms with Crippen molar-refractivity contribution >= 4 is 5.69 Å². The number of nitrogens with one attached hydrogen (secondary N) is 1. The number of hydrogen-bond acceptors (Lipinski definition) is 3. The Morgan fingerprint density at radius 2 is 2.21 bits per heavy atom. The van der Waals surface area contributed by atoms with Crippen molar-refractivity contribution in [2.24, 2.45) is 5.92 Å². The van der Waals surface area contributed by atoms with Gasteiger partial charge >= 0.3 is 0 Å². The molecule has 3 nitrogen and oxygen atoms in total. The molecule has 4 rings (SSSR count). The van der Waals surface area contributed by atoms with E-state index < -0.39 is 0 Å². The summed E-state index contributed by atoms with van der Waals surface area (Å²) in [6, 6.07) is 10.1. The molecule has 3 aliphatic rings. The second-order valence-corrected chi connectivity index (χ2v) is 6.16. The first-order chi connectivity index (χ1) is 9.40. The highest BCUT2D eigenvalue weighted by atomic mass is 16.5. The quantitative estimate of drug-likeness (QED) is 0.881. The van der Waals surface area contributed by atoms with Crippen LogP contribution in [0, 0.1) is 5.92 Å². The Labute approximate surface area is 114 Å². The van der Waals surface area contributed by atoms with Crippen molar-refractivity contribution in [2.75, 3.05) is 24.6 Å². The Morgan fingerprint density at radius 3 is 3.05 bits per heavy atom. The third-order valence-electron chi connectivity index (χ3n) is 4.92. The van der Waals surface area contributed by atoms with Crippen LogP contribution in [-0.2, 0) is 0 Å². The van der Waals surface area contributed by atoms with Gasteiger partial charge in [-0.1, -0.05) is 12.1 Å². The minimum atomic E-state index is 0.765. The minimum absolute atomic E-state index is 0.765. The van der Waals surface area contributed by atoms with E-state index in [2.05, 4.69) is 34.5 Å². The van der Waals surface area contributed by atoms with Crippen molar-refractivity contribution in [3.05, 3.63) is 24.3 Å². The molecule has 3 atom stereocenters. The number of ether oxygens (including phenoxy) is 1. The van der Waals surface area contributed by atoms with E-state index in [9.17, 15) is 0 Å². The molecule has 0 saturated carbocycles. The highest BCUT2D eigenvalue weighted by Crippen LogP contribution is 2.37. The number of hydrogen-bond donors (Lipinski definition) is 1. The zero-order chi connectivity index (χ0) is 12.7. The van der Waals surface area contributed by atoms with Crippen molar-refractivity contribution < 1.29 is 4.74 Å². The van der Waals surface area contributed by atoms with Gasteiger partial charge < -0.3 is 15.0 Å². The van der Waals surface area contributed by atoms with Crippen LogP contribution >= 0.6 is 0 Å². The molecule has 3 unspecified atom stereocenters. The van der Waals surface area contributed by atoms with E-state index in [1.807, 2.05) is 0 Å². The molecule has 2 fully saturated rings. The summed E-state index contributed by atoms with van der Waals surface area (Å²) >= 11 is 0. The molecule has 2 bridgehead atoms. The standard InChI is InChI=1S/C16H22N2O/c1-2-5-16-15(4-1)18(8-3-9-19-16)11-12-10-13-6-7-14(12)17-13/h1-2,4-5,12-14,17H,3,6-11H2. The van der Waals surface area contributed by atoms with Gasteiger partial charge in [-0.15, -0.1) is 0 Å². The fourth-order valence-electron chi connectivity index (χ4n) is 4.01. The molecular weight excluding hydrogens is 236 g/mol. The molecule has 0 amide bonds. The van der Waals surface area contributed by atoms with Crippen molar-refractivity contribution in [3.63, 3.8) is 0 Å². The van der Waals surface area contributed by atoms with Crippen LogP contribution in [0.25, 0.3) is 0 Å². The summed E-state index contributed by atoms with van der Waals surface area (Å²) in [6.07, 6.45) is 5.26. The summed E-state index contributed by atoms with van der Waals surface area (Å²) in [5.41, 5.74) is 1.29. The van der Waals surface area contributed by atoms with Crippen LogP contribution in [0.3, 0.4) is 0 Å². The average molecular weight is 258 g/mol. The van der Waals surface area contributed by atoms with Gasteiger partial charge in [0.15, 0.2) is 0 Å². The second kappa shape index (κ2) is 4.71. The number of nitrogens with zero attached hydrogens (tertiary/aromatic N) is 1. The van der Waals surface area contributed by atoms with E-state index in [4.69, 9.17) is 4.74 Å². The summed E-state index contributed by atoms with van der Waals surface area (Å²) in [4.78, 5) is 2.55. The van der Waals surface area contributed by atoms with Gasteiger partial charge in [-0.05, 0) is 43.7 Å². The molecule has 3 aliphatic heterocycles. The zero-order valence-electron chi connectivity index (χ0n) is 11.3. The fourth-order valence-corrected chi connectivity index (χ4v) is 4.01. The lowest BCUT2D eigenvalue weighted by Crippen LogP contribution is -2.35. The smallest absolute Gasteiger partial charge is 0.142 e. The van der Waals surface area contributed by atoms with Gasteiger partial charge in [-0.25, -0.2) is 0 Å². The first kappa shape index (κ1) is 11.6. The fraction of sp³-hybridized carbons (Fsp3) is 0.625. The van der Waals surface area contributed by atoms with E-state index in [-0.39, 0.29) is 0 Å². The van der Waals surface area contributed by atoms with Crippen LogP contribution < -0.4 is 15.0 Å². The van der Waals surface area contributed by atoms with Crippen molar-refractivity contribution in [3.8, 4) is 5.75 Å². The minimum Gasteiger partial charge on any atom is -0.491 e. The maximum atomic E-state index is 5.85. The number of anilines is 1. The highest BCUT2D eigenvalue weighted by molar-refractivity contribution is 5.59. The van der Waals surface area contributed by atoms with Gasteiger partial charge in [-0.3, -0.25) is 0 Å². The van der Waals surface area contributed by atoms with Crippen molar-refractivity contribution in [2.45, 2.75) is 37.8 Å². The van der Waals surface area contributed by atoms with E-state index in [0.717, 1.165) is 43.3 Å². The number of fused-ring (bicyclic) bond motifs is 3. The van der Waals surface area contributed by atoms with Crippen LogP contribution in [0.4, 0.5) is 5.69 Å². The van der Waals surface area contributed by atoms with Gasteiger partial charge in [0.1, 0.15) is 5.75 Å². The lowest BCUT2D eigenvalue weighted by Gasteiger charge is -2.30. The second-order valence-electron chi connectivity index (χ2n) is 6.16. The molecule has 0 radical (unpaired) electrons. The van der Waals surface area contributed by atoms with E-state index in [1.54, 1.807) is 0 Å². The Hall–Kier alpha value is -1.22. The molecule has 2 saturated heterocycles. The molecule has 3 heteroatoms. The Bertz CT molecular complexity index is 462. The lowest BCUT2D eigenvalue weighted by atomic mass is 9.88. The first-order valence-electron chi connectivity index (χ1n) is 7.63. The first-order valence-corrected chi connectivity index (χ1v) is 7.63. The van der Waals surface area contributed by atoms with Gasteiger partial charge in [0.25, 0.3) is 0 Å². The van der Waals surface area contributed by atoms with E-state index in [0.29, 0.717) is 0 Å². The summed E-state index contributed by atoms with van der Waals surface area (Å²) in [6.45, 7) is 3.17. The highest BCUT2D eigenvalue weighted by Gasteiger charge is 2.39. The monoisotopic (exact) mass is 258 g/mol. The van der Waals surface area contributed by atoms with Gasteiger partial charge in [-0.2, -0.15) is 0 Å². The summed E-state index contributed by atoms with van der Waals surface area (Å²) < 4.78 is 5.85. The molecule has 1 aromatic carbocycles. The molecule has 1 N–H and O–H groups in total. The van der Waals surface area contributed by atoms with Crippen LogP contribution in [0.15, 0.2) is 24.3 Å². The van der Waals surface area contributed by atoms with Gasteiger partial charge in [0.2, 0.25) is 0 Å². The number of benzene rings is 1. The zero-order valence-corrected chi connectivity index (χ0v) is 11.3. The molecule has 0 spiro atoms. The number of rotatable bonds is 2. The largest absolute Gasteiger partial charge is 0.491 e. The normalized spacial score (nSPS) is 32.8. The maximum absolute atomic E-state index is 5.85. The Kier molecular flexibility index (Phi) is 2.87. The molecule has 3 heterocycles. The lowest BCUT2D eigenvalue weighted by molar-refractivity contribution is 0.322. The molecule has 1 aromatic rings. The summed E-state index contributed by atoms with van der Waals surface area (Å²) in [5.74, 6) is 1.89. The number of para-hydroxylation sites is 2.